The largest absolute Gasteiger partial charge is 0.384 e. The number of benzene rings is 2. The number of hydrogen-bond donors (Lipinski definition) is 4. The van der Waals surface area contributed by atoms with Gasteiger partial charge in [-0.3, -0.25) is 14.6 Å². The predicted molar refractivity (Wildman–Crippen MR) is 143 cm³/mol. The fourth-order valence-electron chi connectivity index (χ4n) is 4.70. The minimum Gasteiger partial charge on any atom is -0.384 e. The Morgan fingerprint density at radius 1 is 1.14 bits per heavy atom. The standard InChI is InChI=1S/C27H36ClN5O3/c1-18-6-8-19(9-7-18)23(34)32-22(5-4-15-31-25(29)30)24(35)33-16-14-27(36,26(2,3)17-33)20-10-12-21(28)13-11-20/h6-13,22,36H,4-5,14-17H2,1-3H3,(H,32,34)(H4,29,30,31)/t22-,27+/m1/s1. The average Bonchev–Trinajstić information content (AvgIpc) is 2.82. The minimum atomic E-state index is -1.12. The van der Waals surface area contributed by atoms with E-state index in [1.54, 1.807) is 29.2 Å². The van der Waals surface area contributed by atoms with E-state index in [-0.39, 0.29) is 17.8 Å². The smallest absolute Gasteiger partial charge is 0.251 e. The Balaban J connectivity index is 1.77. The van der Waals surface area contributed by atoms with Crippen LogP contribution in [0, 0.1) is 12.3 Å². The van der Waals surface area contributed by atoms with Crippen molar-refractivity contribution in [3.8, 4) is 0 Å². The third-order valence-corrected chi connectivity index (χ3v) is 7.20. The molecule has 0 bridgehead atoms. The summed E-state index contributed by atoms with van der Waals surface area (Å²) in [5.74, 6) is -0.517. The first-order chi connectivity index (χ1) is 16.9. The van der Waals surface area contributed by atoms with Gasteiger partial charge in [-0.15, -0.1) is 0 Å². The van der Waals surface area contributed by atoms with Gasteiger partial charge in [-0.05, 0) is 56.0 Å². The van der Waals surface area contributed by atoms with Crippen molar-refractivity contribution in [2.24, 2.45) is 21.9 Å². The molecule has 2 atom stereocenters. The van der Waals surface area contributed by atoms with Crippen LogP contribution >= 0.6 is 11.6 Å². The maximum Gasteiger partial charge on any atom is 0.251 e. The predicted octanol–water partition coefficient (Wildman–Crippen LogP) is 2.95. The molecule has 0 aliphatic carbocycles. The SMILES string of the molecule is Cc1ccc(C(=O)N[C@H](CCCN=C(N)N)C(=O)N2CC[C@](O)(c3ccc(Cl)cc3)C(C)(C)C2)cc1. The molecule has 9 heteroatoms. The number of carbonyl (C=O) groups is 2. The quantitative estimate of drug-likeness (QED) is 0.244. The lowest BCUT2D eigenvalue weighted by atomic mass is 9.66. The van der Waals surface area contributed by atoms with Crippen molar-refractivity contribution in [1.29, 1.82) is 0 Å². The molecular weight excluding hydrogens is 478 g/mol. The maximum absolute atomic E-state index is 13.7. The summed E-state index contributed by atoms with van der Waals surface area (Å²) < 4.78 is 0. The van der Waals surface area contributed by atoms with Crippen LogP contribution < -0.4 is 16.8 Å². The second-order valence-electron chi connectivity index (χ2n) is 10.1. The molecule has 36 heavy (non-hydrogen) atoms. The maximum atomic E-state index is 13.7. The van der Waals surface area contributed by atoms with Crippen LogP contribution in [0.5, 0.6) is 0 Å². The fraction of sp³-hybridized carbons (Fsp3) is 0.444. The molecule has 0 unspecified atom stereocenters. The summed E-state index contributed by atoms with van der Waals surface area (Å²) in [5, 5.41) is 15.2. The van der Waals surface area contributed by atoms with Crippen LogP contribution in [0.15, 0.2) is 53.5 Å². The molecule has 0 aromatic heterocycles. The highest BCUT2D eigenvalue weighted by molar-refractivity contribution is 6.30. The van der Waals surface area contributed by atoms with E-state index in [1.807, 2.05) is 45.0 Å². The van der Waals surface area contributed by atoms with E-state index in [4.69, 9.17) is 23.1 Å². The molecule has 1 fully saturated rings. The Morgan fingerprint density at radius 2 is 1.78 bits per heavy atom. The van der Waals surface area contributed by atoms with Gasteiger partial charge in [0.15, 0.2) is 5.96 Å². The van der Waals surface area contributed by atoms with Crippen LogP contribution in [0.4, 0.5) is 0 Å². The number of aliphatic hydroxyl groups is 1. The summed E-state index contributed by atoms with van der Waals surface area (Å²) in [6, 6.07) is 13.6. The Kier molecular flexibility index (Phi) is 8.63. The number of hydrogen-bond acceptors (Lipinski definition) is 4. The van der Waals surface area contributed by atoms with E-state index in [0.29, 0.717) is 49.5 Å². The van der Waals surface area contributed by atoms with E-state index < -0.39 is 17.1 Å². The van der Waals surface area contributed by atoms with Gasteiger partial charge in [-0.2, -0.15) is 0 Å². The number of nitrogens with zero attached hydrogens (tertiary/aromatic N) is 2. The Morgan fingerprint density at radius 3 is 2.36 bits per heavy atom. The van der Waals surface area contributed by atoms with Crippen molar-refractivity contribution in [2.75, 3.05) is 19.6 Å². The third kappa shape index (κ3) is 6.36. The lowest BCUT2D eigenvalue weighted by Crippen LogP contribution is -2.59. The van der Waals surface area contributed by atoms with Gasteiger partial charge >= 0.3 is 0 Å². The van der Waals surface area contributed by atoms with E-state index in [9.17, 15) is 14.7 Å². The molecule has 6 N–H and O–H groups in total. The van der Waals surface area contributed by atoms with Gasteiger partial charge in [0.1, 0.15) is 6.04 Å². The summed E-state index contributed by atoms with van der Waals surface area (Å²) in [7, 11) is 0. The lowest BCUT2D eigenvalue weighted by Gasteiger charge is -2.51. The number of nitrogens with one attached hydrogen (secondary N) is 1. The lowest BCUT2D eigenvalue weighted by molar-refractivity contribution is -0.154. The van der Waals surface area contributed by atoms with Crippen molar-refractivity contribution in [3.63, 3.8) is 0 Å². The van der Waals surface area contributed by atoms with Gasteiger partial charge in [-0.1, -0.05) is 55.3 Å². The number of amides is 2. The van der Waals surface area contributed by atoms with E-state index in [1.165, 1.54) is 0 Å². The molecule has 1 saturated heterocycles. The minimum absolute atomic E-state index is 0.0131. The van der Waals surface area contributed by atoms with Crippen LogP contribution in [-0.4, -0.2) is 53.5 Å². The van der Waals surface area contributed by atoms with Gasteiger partial charge < -0.3 is 26.8 Å². The third-order valence-electron chi connectivity index (χ3n) is 6.95. The van der Waals surface area contributed by atoms with Crippen LogP contribution in [-0.2, 0) is 10.4 Å². The van der Waals surface area contributed by atoms with Gasteiger partial charge in [0, 0.05) is 35.6 Å². The molecule has 0 radical (unpaired) electrons. The summed E-state index contributed by atoms with van der Waals surface area (Å²) in [6.07, 6.45) is 1.26. The molecule has 1 aliphatic rings. The molecular formula is C27H36ClN5O3. The fourth-order valence-corrected chi connectivity index (χ4v) is 4.82. The highest BCUT2D eigenvalue weighted by Gasteiger charge is 2.50. The zero-order chi connectivity index (χ0) is 26.5. The average molecular weight is 514 g/mol. The number of likely N-dealkylation sites (tertiary alicyclic amines) is 1. The molecule has 8 nitrogen and oxygen atoms in total. The van der Waals surface area contributed by atoms with Gasteiger partial charge in [-0.25, -0.2) is 0 Å². The molecule has 2 aromatic rings. The number of carbonyl (C=O) groups excluding carboxylic acids is 2. The van der Waals surface area contributed by atoms with E-state index >= 15 is 0 Å². The number of aryl methyl sites for hydroxylation is 1. The first-order valence-corrected chi connectivity index (χ1v) is 12.5. The summed E-state index contributed by atoms with van der Waals surface area (Å²) in [5.41, 5.74) is 11.4. The van der Waals surface area contributed by atoms with Gasteiger partial charge in [0.05, 0.1) is 5.60 Å². The summed E-state index contributed by atoms with van der Waals surface area (Å²) in [6.45, 7) is 6.87. The zero-order valence-corrected chi connectivity index (χ0v) is 21.9. The van der Waals surface area contributed by atoms with Crippen LogP contribution in [0.3, 0.4) is 0 Å². The number of nitrogens with two attached hydrogens (primary N) is 2. The van der Waals surface area contributed by atoms with E-state index in [2.05, 4.69) is 10.3 Å². The molecule has 1 heterocycles. The number of rotatable bonds is 8. The van der Waals surface area contributed by atoms with E-state index in [0.717, 1.165) is 11.1 Å². The first-order valence-electron chi connectivity index (χ1n) is 12.1. The number of halogens is 1. The topological polar surface area (TPSA) is 134 Å². The molecule has 0 spiro atoms. The molecule has 194 valence electrons. The van der Waals surface area contributed by atoms with Crippen LogP contribution in [0.25, 0.3) is 0 Å². The van der Waals surface area contributed by atoms with Crippen molar-refractivity contribution in [2.45, 2.75) is 51.7 Å². The van der Waals surface area contributed by atoms with Crippen LogP contribution in [0.2, 0.25) is 5.02 Å². The van der Waals surface area contributed by atoms with Crippen molar-refractivity contribution in [1.82, 2.24) is 10.2 Å². The molecule has 2 amide bonds. The highest BCUT2D eigenvalue weighted by atomic mass is 35.5. The molecule has 2 aromatic carbocycles. The first kappa shape index (κ1) is 27.5. The van der Waals surface area contributed by atoms with Crippen molar-refractivity contribution < 1.29 is 14.7 Å². The Labute approximate surface area is 217 Å². The Hall–Kier alpha value is -3.10. The summed E-state index contributed by atoms with van der Waals surface area (Å²) >= 11 is 6.04. The highest BCUT2D eigenvalue weighted by Crippen LogP contribution is 2.46. The van der Waals surface area contributed by atoms with Gasteiger partial charge in [0.2, 0.25) is 5.91 Å². The number of aliphatic imine (C=N–C) groups is 1. The van der Waals surface area contributed by atoms with Crippen molar-refractivity contribution >= 4 is 29.4 Å². The molecule has 0 saturated carbocycles. The second kappa shape index (κ2) is 11.3. The van der Waals surface area contributed by atoms with Gasteiger partial charge in [0.25, 0.3) is 5.91 Å². The monoisotopic (exact) mass is 513 g/mol. The number of guanidine groups is 1. The molecule has 1 aliphatic heterocycles. The van der Waals surface area contributed by atoms with Crippen LogP contribution in [0.1, 0.15) is 54.6 Å². The number of piperidine rings is 1. The zero-order valence-electron chi connectivity index (χ0n) is 21.1. The van der Waals surface area contributed by atoms with Crippen molar-refractivity contribution in [3.05, 3.63) is 70.2 Å². The summed E-state index contributed by atoms with van der Waals surface area (Å²) in [4.78, 5) is 32.3. The molecule has 3 rings (SSSR count). The second-order valence-corrected chi connectivity index (χ2v) is 10.5. The normalized spacial score (nSPS) is 19.9. The Bertz CT molecular complexity index is 1100.